The molecule has 0 radical (unpaired) electrons. The molecule has 206 valence electrons. The molecule has 0 bridgehead atoms. The maximum atomic E-state index is 14.0. The predicted molar refractivity (Wildman–Crippen MR) is 152 cm³/mol. The molecule has 1 aliphatic heterocycles. The molecule has 4 aromatic rings. The smallest absolute Gasteiger partial charge is 0.294 e. The second kappa shape index (κ2) is 10.5. The summed E-state index contributed by atoms with van der Waals surface area (Å²) in [6.45, 7) is 0. The maximum absolute atomic E-state index is 14.0. The number of fused-ring (bicyclic) bond motifs is 1. The third-order valence-corrected chi connectivity index (χ3v) is 7.00. The van der Waals surface area contributed by atoms with Gasteiger partial charge in [-0.1, -0.05) is 23.7 Å². The number of Topliss-reactive ketones (excluding diaryl/α,β-unsaturated/α-hetero) is 1. The highest BCUT2D eigenvalue weighted by Gasteiger charge is 2.45. The van der Waals surface area contributed by atoms with Crippen molar-refractivity contribution in [3.63, 3.8) is 0 Å². The Kier molecular flexibility index (Phi) is 7.08. The minimum absolute atomic E-state index is 0.0788. The number of benzene rings is 3. The molecular weight excluding hydrogens is 536 g/mol. The van der Waals surface area contributed by atoms with Crippen molar-refractivity contribution in [2.24, 2.45) is 0 Å². The summed E-state index contributed by atoms with van der Waals surface area (Å²) in [5, 5.41) is 12.1. The van der Waals surface area contributed by atoms with Crippen LogP contribution < -0.4 is 24.0 Å². The van der Waals surface area contributed by atoms with Crippen molar-refractivity contribution in [3.05, 3.63) is 88.3 Å². The van der Waals surface area contributed by atoms with Gasteiger partial charge in [-0.15, -0.1) is 0 Å². The van der Waals surface area contributed by atoms with Crippen molar-refractivity contribution in [2.45, 2.75) is 6.04 Å². The van der Waals surface area contributed by atoms with E-state index in [1.54, 1.807) is 30.3 Å². The summed E-state index contributed by atoms with van der Waals surface area (Å²) >= 11 is 6.20. The summed E-state index contributed by atoms with van der Waals surface area (Å²) in [7, 11) is 8.27. The first-order valence-corrected chi connectivity index (χ1v) is 12.6. The van der Waals surface area contributed by atoms with Gasteiger partial charge in [0.25, 0.3) is 5.91 Å². The summed E-state index contributed by atoms with van der Waals surface area (Å²) in [4.78, 5) is 30.9. The third-order valence-electron chi connectivity index (χ3n) is 6.78. The molecule has 40 heavy (non-hydrogen) atoms. The largest absolute Gasteiger partial charge is 0.503 e. The maximum Gasteiger partial charge on any atom is 0.294 e. The molecule has 1 N–H and O–H groups in total. The average molecular weight is 563 g/mol. The Balaban J connectivity index is 1.68. The van der Waals surface area contributed by atoms with Crippen LogP contribution in [0.1, 0.15) is 22.2 Å². The summed E-state index contributed by atoms with van der Waals surface area (Å²) in [5.41, 5.74) is 2.08. The molecule has 0 saturated heterocycles. The molecule has 5 rings (SSSR count). The highest BCUT2D eigenvalue weighted by molar-refractivity contribution is 6.31. The number of halogens is 1. The standard InChI is InChI=1S/C30H27ClN2O7/c1-32(2)19-8-6-16(7-9-19)26-25(27(34)23-11-17-10-18(31)12-24(39-5)29(17)40-23)28(35)30(36)33(26)20-13-21(37-3)15-22(14-20)38-4/h6-15,26,35H,1-5H3. The topological polar surface area (TPSA) is 102 Å². The second-order valence-electron chi connectivity index (χ2n) is 9.36. The van der Waals surface area contributed by atoms with Crippen LogP contribution in [0.3, 0.4) is 0 Å². The van der Waals surface area contributed by atoms with E-state index < -0.39 is 23.5 Å². The van der Waals surface area contributed by atoms with Gasteiger partial charge in [0, 0.05) is 54.5 Å². The number of furan rings is 1. The molecule has 1 amide bonds. The zero-order valence-electron chi connectivity index (χ0n) is 22.5. The number of carbonyl (C=O) groups excluding carboxylic acids is 2. The number of amides is 1. The van der Waals surface area contributed by atoms with E-state index in [1.165, 1.54) is 32.3 Å². The van der Waals surface area contributed by atoms with Crippen LogP contribution in [-0.2, 0) is 4.79 Å². The summed E-state index contributed by atoms with van der Waals surface area (Å²) in [5.74, 6) is -0.947. The van der Waals surface area contributed by atoms with E-state index >= 15 is 0 Å². The highest BCUT2D eigenvalue weighted by Crippen LogP contribution is 2.45. The molecule has 3 aromatic carbocycles. The van der Waals surface area contributed by atoms with Gasteiger partial charge >= 0.3 is 0 Å². The Morgan fingerprint density at radius 2 is 1.60 bits per heavy atom. The SMILES string of the molecule is COc1cc(OC)cc(N2C(=O)C(O)=C(C(=O)c3cc4cc(Cl)cc(OC)c4o3)C2c2ccc(N(C)C)cc2)c1. The first-order chi connectivity index (χ1) is 19.2. The van der Waals surface area contributed by atoms with Crippen LogP contribution >= 0.6 is 11.6 Å². The van der Waals surface area contributed by atoms with Crippen molar-refractivity contribution in [2.75, 3.05) is 45.2 Å². The van der Waals surface area contributed by atoms with Crippen molar-refractivity contribution in [1.29, 1.82) is 0 Å². The Hall–Kier alpha value is -4.63. The Labute approximate surface area is 235 Å². The quantitative estimate of drug-likeness (QED) is 0.262. The number of hydrogen-bond acceptors (Lipinski definition) is 8. The van der Waals surface area contributed by atoms with Crippen LogP contribution in [-0.4, -0.2) is 52.2 Å². The fourth-order valence-electron chi connectivity index (χ4n) is 4.79. The lowest BCUT2D eigenvalue weighted by atomic mass is 9.94. The molecule has 1 atom stereocenters. The van der Waals surface area contributed by atoms with E-state index in [9.17, 15) is 14.7 Å². The van der Waals surface area contributed by atoms with Crippen LogP contribution in [0.25, 0.3) is 11.0 Å². The van der Waals surface area contributed by atoms with E-state index in [0.29, 0.717) is 44.5 Å². The fraction of sp³-hybridized carbons (Fsp3) is 0.200. The van der Waals surface area contributed by atoms with Crippen LogP contribution in [0.5, 0.6) is 17.2 Å². The third kappa shape index (κ3) is 4.58. The molecule has 1 aromatic heterocycles. The molecule has 0 spiro atoms. The number of hydrogen-bond donors (Lipinski definition) is 1. The van der Waals surface area contributed by atoms with E-state index in [1.807, 2.05) is 43.3 Å². The highest BCUT2D eigenvalue weighted by atomic mass is 35.5. The van der Waals surface area contributed by atoms with Crippen LogP contribution in [0, 0.1) is 0 Å². The zero-order valence-corrected chi connectivity index (χ0v) is 23.3. The van der Waals surface area contributed by atoms with Crippen LogP contribution in [0.4, 0.5) is 11.4 Å². The normalized spacial score (nSPS) is 15.1. The molecule has 10 heteroatoms. The first-order valence-electron chi connectivity index (χ1n) is 12.3. The number of carbonyl (C=O) groups is 2. The molecule has 0 saturated carbocycles. The molecule has 0 fully saturated rings. The lowest BCUT2D eigenvalue weighted by Crippen LogP contribution is -2.31. The van der Waals surface area contributed by atoms with Crippen molar-refractivity contribution >= 4 is 45.6 Å². The monoisotopic (exact) mass is 562 g/mol. The summed E-state index contributed by atoms with van der Waals surface area (Å²) < 4.78 is 22.1. The summed E-state index contributed by atoms with van der Waals surface area (Å²) in [6, 6.07) is 16.0. The fourth-order valence-corrected chi connectivity index (χ4v) is 5.00. The van der Waals surface area contributed by atoms with Gasteiger partial charge in [0.05, 0.1) is 38.6 Å². The molecular formula is C30H27ClN2O7. The minimum Gasteiger partial charge on any atom is -0.503 e. The number of anilines is 2. The van der Waals surface area contributed by atoms with E-state index in [4.69, 9.17) is 30.2 Å². The number of methoxy groups -OCH3 is 3. The number of aliphatic hydroxyl groups excluding tert-OH is 1. The number of rotatable bonds is 8. The van der Waals surface area contributed by atoms with E-state index in [2.05, 4.69) is 0 Å². The molecule has 9 nitrogen and oxygen atoms in total. The van der Waals surface area contributed by atoms with Gasteiger partial charge in [-0.2, -0.15) is 0 Å². The Morgan fingerprint density at radius 3 is 2.17 bits per heavy atom. The predicted octanol–water partition coefficient (Wildman–Crippen LogP) is 5.96. The van der Waals surface area contributed by atoms with Crippen molar-refractivity contribution in [1.82, 2.24) is 0 Å². The Morgan fingerprint density at radius 1 is 0.950 bits per heavy atom. The molecule has 1 unspecified atom stereocenters. The van der Waals surface area contributed by atoms with E-state index in [0.717, 1.165) is 5.69 Å². The number of aliphatic hydroxyl groups is 1. The lowest BCUT2D eigenvalue weighted by molar-refractivity contribution is -0.117. The average Bonchev–Trinajstić information content (AvgIpc) is 3.50. The lowest BCUT2D eigenvalue weighted by Gasteiger charge is -2.28. The molecule has 0 aliphatic carbocycles. The number of nitrogens with zero attached hydrogens (tertiary/aromatic N) is 2. The van der Waals surface area contributed by atoms with Crippen LogP contribution in [0.2, 0.25) is 5.02 Å². The number of ether oxygens (including phenoxy) is 3. The summed E-state index contributed by atoms with van der Waals surface area (Å²) in [6.07, 6.45) is 0. The number of ketones is 1. The van der Waals surface area contributed by atoms with Crippen molar-refractivity contribution in [3.8, 4) is 17.2 Å². The minimum atomic E-state index is -0.980. The van der Waals surface area contributed by atoms with Gasteiger partial charge in [-0.25, -0.2) is 0 Å². The van der Waals surface area contributed by atoms with Gasteiger partial charge in [0.15, 0.2) is 22.9 Å². The molecule has 2 heterocycles. The Bertz CT molecular complexity index is 1630. The van der Waals surface area contributed by atoms with Gasteiger partial charge in [0.1, 0.15) is 11.5 Å². The zero-order chi connectivity index (χ0) is 28.7. The van der Waals surface area contributed by atoms with Crippen LogP contribution in [0.15, 0.2) is 76.4 Å². The van der Waals surface area contributed by atoms with Gasteiger partial charge in [-0.3, -0.25) is 14.5 Å². The second-order valence-corrected chi connectivity index (χ2v) is 9.80. The first kappa shape index (κ1) is 27.0. The van der Waals surface area contributed by atoms with Gasteiger partial charge < -0.3 is 28.6 Å². The van der Waals surface area contributed by atoms with E-state index in [-0.39, 0.29) is 11.3 Å². The van der Waals surface area contributed by atoms with Gasteiger partial charge in [-0.05, 0) is 29.8 Å². The van der Waals surface area contributed by atoms with Crippen molar-refractivity contribution < 1.29 is 33.3 Å². The molecule has 1 aliphatic rings. The van der Waals surface area contributed by atoms with Gasteiger partial charge in [0.2, 0.25) is 5.78 Å².